The molecule has 1 aromatic heterocycles. The van der Waals surface area contributed by atoms with Crippen LogP contribution in [0.4, 0.5) is 0 Å². The molecule has 0 saturated heterocycles. The van der Waals surface area contributed by atoms with Gasteiger partial charge in [0.25, 0.3) is 0 Å². The summed E-state index contributed by atoms with van der Waals surface area (Å²) in [4.78, 5) is 14.1. The largest absolute Gasteiger partial charge is 0.497 e. The van der Waals surface area contributed by atoms with Crippen LogP contribution in [0.15, 0.2) is 35.7 Å². The van der Waals surface area contributed by atoms with Crippen molar-refractivity contribution in [3.8, 4) is 5.75 Å². The third-order valence-electron chi connectivity index (χ3n) is 3.72. The van der Waals surface area contributed by atoms with E-state index in [0.717, 1.165) is 30.6 Å². The lowest BCUT2D eigenvalue weighted by Crippen LogP contribution is -2.17. The van der Waals surface area contributed by atoms with E-state index in [9.17, 15) is 4.79 Å². The number of thiophene rings is 1. The third kappa shape index (κ3) is 2.30. The Balaban J connectivity index is 1.93. The summed E-state index contributed by atoms with van der Waals surface area (Å²) in [6, 6.07) is 9.58. The summed E-state index contributed by atoms with van der Waals surface area (Å²) >= 11 is 1.77. The Bertz CT molecular complexity index is 600. The Morgan fingerprint density at radius 3 is 3.11 bits per heavy atom. The Labute approximate surface area is 117 Å². The van der Waals surface area contributed by atoms with Crippen molar-refractivity contribution in [2.45, 2.75) is 25.2 Å². The van der Waals surface area contributed by atoms with Gasteiger partial charge in [-0.25, -0.2) is 0 Å². The smallest absolute Gasteiger partial charge is 0.170 e. The summed E-state index contributed by atoms with van der Waals surface area (Å²) in [6.45, 7) is 0. The predicted octanol–water partition coefficient (Wildman–Crippen LogP) is 4.06. The van der Waals surface area contributed by atoms with Crippen molar-refractivity contribution in [2.24, 2.45) is 0 Å². The van der Waals surface area contributed by atoms with E-state index in [0.29, 0.717) is 0 Å². The van der Waals surface area contributed by atoms with Crippen LogP contribution in [0.25, 0.3) is 0 Å². The molecule has 3 rings (SSSR count). The molecule has 1 aliphatic rings. The molecule has 19 heavy (non-hydrogen) atoms. The van der Waals surface area contributed by atoms with Crippen LogP contribution in [0.1, 0.15) is 39.6 Å². The van der Waals surface area contributed by atoms with Gasteiger partial charge in [0, 0.05) is 16.4 Å². The average molecular weight is 272 g/mol. The van der Waals surface area contributed by atoms with Gasteiger partial charge in [-0.2, -0.15) is 0 Å². The summed E-state index contributed by atoms with van der Waals surface area (Å²) in [6.07, 6.45) is 3.18. The molecule has 1 atom stereocenters. The molecule has 0 spiro atoms. The SMILES string of the molecule is COc1cccc(C(=O)C2CCCc3sccc32)c1. The first-order valence-electron chi connectivity index (χ1n) is 6.54. The van der Waals surface area contributed by atoms with Crippen LogP contribution in [0.3, 0.4) is 0 Å². The maximum Gasteiger partial charge on any atom is 0.170 e. The van der Waals surface area contributed by atoms with Gasteiger partial charge in [0.05, 0.1) is 7.11 Å². The molecule has 0 radical (unpaired) electrons. The molecule has 2 aromatic rings. The zero-order valence-electron chi connectivity index (χ0n) is 10.9. The zero-order valence-corrected chi connectivity index (χ0v) is 11.7. The highest BCUT2D eigenvalue weighted by Gasteiger charge is 2.28. The topological polar surface area (TPSA) is 26.3 Å². The van der Waals surface area contributed by atoms with E-state index in [4.69, 9.17) is 4.74 Å². The van der Waals surface area contributed by atoms with Crippen molar-refractivity contribution < 1.29 is 9.53 Å². The van der Waals surface area contributed by atoms with Crippen LogP contribution in [-0.4, -0.2) is 12.9 Å². The maximum atomic E-state index is 12.7. The van der Waals surface area contributed by atoms with E-state index in [1.165, 1.54) is 10.4 Å². The highest BCUT2D eigenvalue weighted by Crippen LogP contribution is 2.37. The lowest BCUT2D eigenvalue weighted by molar-refractivity contribution is 0.0951. The number of benzene rings is 1. The molecule has 1 aliphatic carbocycles. The number of ketones is 1. The molecular formula is C16H16O2S. The summed E-state index contributed by atoms with van der Waals surface area (Å²) < 4.78 is 5.20. The van der Waals surface area contributed by atoms with Gasteiger partial charge in [0.1, 0.15) is 5.75 Å². The van der Waals surface area contributed by atoms with E-state index in [1.54, 1.807) is 18.4 Å². The molecule has 1 unspecified atom stereocenters. The number of fused-ring (bicyclic) bond motifs is 1. The number of hydrogen-bond donors (Lipinski definition) is 0. The molecule has 3 heteroatoms. The predicted molar refractivity (Wildman–Crippen MR) is 77.3 cm³/mol. The fraction of sp³-hybridized carbons (Fsp3) is 0.312. The maximum absolute atomic E-state index is 12.7. The van der Waals surface area contributed by atoms with Gasteiger partial charge in [-0.15, -0.1) is 11.3 Å². The first kappa shape index (κ1) is 12.4. The number of hydrogen-bond acceptors (Lipinski definition) is 3. The normalized spacial score (nSPS) is 17.8. The highest BCUT2D eigenvalue weighted by molar-refractivity contribution is 7.10. The fourth-order valence-corrected chi connectivity index (χ4v) is 3.72. The number of carbonyl (C=O) groups is 1. The molecule has 1 aromatic carbocycles. The third-order valence-corrected chi connectivity index (χ3v) is 4.72. The van der Waals surface area contributed by atoms with Crippen molar-refractivity contribution >= 4 is 17.1 Å². The molecule has 1 heterocycles. The highest BCUT2D eigenvalue weighted by atomic mass is 32.1. The first-order chi connectivity index (χ1) is 9.29. The number of Topliss-reactive ketones (excluding diaryl/α,β-unsaturated/α-hetero) is 1. The summed E-state index contributed by atoms with van der Waals surface area (Å²) in [5.41, 5.74) is 1.99. The lowest BCUT2D eigenvalue weighted by atomic mass is 9.82. The number of carbonyl (C=O) groups excluding carboxylic acids is 1. The van der Waals surface area contributed by atoms with Crippen molar-refractivity contribution in [3.63, 3.8) is 0 Å². The van der Waals surface area contributed by atoms with E-state index in [1.807, 2.05) is 24.3 Å². The second-order valence-electron chi connectivity index (χ2n) is 4.84. The van der Waals surface area contributed by atoms with Gasteiger partial charge in [0.15, 0.2) is 5.78 Å². The zero-order chi connectivity index (χ0) is 13.2. The van der Waals surface area contributed by atoms with Crippen LogP contribution < -0.4 is 4.74 Å². The second kappa shape index (κ2) is 5.17. The molecule has 0 bridgehead atoms. The Morgan fingerprint density at radius 1 is 1.37 bits per heavy atom. The van der Waals surface area contributed by atoms with E-state index < -0.39 is 0 Å². The van der Waals surface area contributed by atoms with Crippen molar-refractivity contribution in [1.82, 2.24) is 0 Å². The minimum absolute atomic E-state index is 0.0297. The van der Waals surface area contributed by atoms with Gasteiger partial charge < -0.3 is 4.74 Å². The average Bonchev–Trinajstić information content (AvgIpc) is 2.95. The molecule has 0 fully saturated rings. The van der Waals surface area contributed by atoms with Gasteiger partial charge in [0.2, 0.25) is 0 Å². The van der Waals surface area contributed by atoms with Crippen LogP contribution >= 0.6 is 11.3 Å². The molecule has 98 valence electrons. The minimum atomic E-state index is 0.0297. The van der Waals surface area contributed by atoms with Gasteiger partial charge >= 0.3 is 0 Å². The molecule has 0 aliphatic heterocycles. The molecule has 2 nitrogen and oxygen atoms in total. The van der Waals surface area contributed by atoms with Crippen LogP contribution in [0.2, 0.25) is 0 Å². The quantitative estimate of drug-likeness (QED) is 0.788. The number of rotatable bonds is 3. The molecule has 0 amide bonds. The lowest BCUT2D eigenvalue weighted by Gasteiger charge is -2.21. The van der Waals surface area contributed by atoms with Gasteiger partial charge in [-0.1, -0.05) is 12.1 Å². The summed E-state index contributed by atoms with van der Waals surface area (Å²) in [7, 11) is 1.63. The van der Waals surface area contributed by atoms with Crippen molar-refractivity contribution in [3.05, 3.63) is 51.7 Å². The Kier molecular flexibility index (Phi) is 3.38. The fourth-order valence-electron chi connectivity index (χ4n) is 2.74. The molecule has 0 saturated carbocycles. The Hall–Kier alpha value is -1.61. The molecule has 0 N–H and O–H groups in total. The van der Waals surface area contributed by atoms with E-state index in [-0.39, 0.29) is 11.7 Å². The molecular weight excluding hydrogens is 256 g/mol. The summed E-state index contributed by atoms with van der Waals surface area (Å²) in [5.74, 6) is 0.993. The number of ether oxygens (including phenoxy) is 1. The number of aryl methyl sites for hydroxylation is 1. The first-order valence-corrected chi connectivity index (χ1v) is 7.42. The van der Waals surface area contributed by atoms with E-state index >= 15 is 0 Å². The standard InChI is InChI=1S/C16H16O2S/c1-18-12-5-2-4-11(10-12)16(17)14-6-3-7-15-13(14)8-9-19-15/h2,4-5,8-10,14H,3,6-7H2,1H3. The van der Waals surface area contributed by atoms with Crippen LogP contribution in [0.5, 0.6) is 5.75 Å². The Morgan fingerprint density at radius 2 is 2.26 bits per heavy atom. The van der Waals surface area contributed by atoms with Gasteiger partial charge in [-0.3, -0.25) is 4.79 Å². The van der Waals surface area contributed by atoms with Gasteiger partial charge in [-0.05, 0) is 48.4 Å². The second-order valence-corrected chi connectivity index (χ2v) is 5.84. The summed E-state index contributed by atoms with van der Waals surface area (Å²) in [5, 5.41) is 2.10. The monoisotopic (exact) mass is 272 g/mol. The van der Waals surface area contributed by atoms with Crippen LogP contribution in [-0.2, 0) is 6.42 Å². The number of methoxy groups -OCH3 is 1. The van der Waals surface area contributed by atoms with Crippen LogP contribution in [0, 0.1) is 0 Å². The minimum Gasteiger partial charge on any atom is -0.497 e. The van der Waals surface area contributed by atoms with E-state index in [2.05, 4.69) is 11.4 Å². The van der Waals surface area contributed by atoms with Crippen molar-refractivity contribution in [2.75, 3.05) is 7.11 Å². The van der Waals surface area contributed by atoms with Crippen molar-refractivity contribution in [1.29, 1.82) is 0 Å².